The summed E-state index contributed by atoms with van der Waals surface area (Å²) in [5, 5.41) is 10.4. The Hall–Kier alpha value is -1.75. The topological polar surface area (TPSA) is 95.0 Å². The predicted octanol–water partition coefficient (Wildman–Crippen LogP) is 2.41. The number of nitrogens with one attached hydrogen (secondary N) is 1. The molecule has 2 aromatic rings. The molecule has 2 aliphatic heterocycles. The quantitative estimate of drug-likeness (QED) is 0.621. The van der Waals surface area contributed by atoms with E-state index in [1.54, 1.807) is 0 Å². The Kier molecular flexibility index (Phi) is 7.11. The normalized spacial score (nSPS) is 28.1. The van der Waals surface area contributed by atoms with Crippen molar-refractivity contribution in [3.63, 3.8) is 0 Å². The Morgan fingerprint density at radius 3 is 2.74 bits per heavy atom. The van der Waals surface area contributed by atoms with Gasteiger partial charge in [0, 0.05) is 38.4 Å². The van der Waals surface area contributed by atoms with Crippen LogP contribution in [0.5, 0.6) is 0 Å². The van der Waals surface area contributed by atoms with Gasteiger partial charge in [-0.1, -0.05) is 54.8 Å². The molecule has 0 unspecified atom stereocenters. The lowest BCUT2D eigenvalue weighted by Gasteiger charge is -2.36. The standard InChI is InChI=1S/C24H31ClN4O4S/c25-19-12-18(34(31,32)27-20-8-4-5-9-22(20)30)13-26-24(19)29-15-21-23(16-29)33-11-10-28(21)14-17-6-2-1-3-7-17/h1-3,6-7,12-13,20-23,27,30H,4-5,8-11,14-16H2/t20-,21-,22+,23+/m1/s1. The SMILES string of the molecule is O=S(=O)(N[C@@H]1CCCC[C@@H]1O)c1cnc(N2C[C@@H]3OCCN(Cc4ccccc4)[C@@H]3C2)c(Cl)c1. The minimum atomic E-state index is -3.83. The van der Waals surface area contributed by atoms with Gasteiger partial charge in [-0.2, -0.15) is 0 Å². The summed E-state index contributed by atoms with van der Waals surface area (Å²) < 4.78 is 34.5. The Bertz CT molecular complexity index is 1100. The third-order valence-electron chi connectivity index (χ3n) is 7.09. The minimum Gasteiger partial charge on any atom is -0.391 e. The molecule has 0 spiro atoms. The molecular weight excluding hydrogens is 476 g/mol. The van der Waals surface area contributed by atoms with E-state index >= 15 is 0 Å². The fraction of sp³-hybridized carbons (Fsp3) is 0.542. The number of benzene rings is 1. The number of anilines is 1. The average Bonchev–Trinajstić information content (AvgIpc) is 3.26. The molecule has 34 heavy (non-hydrogen) atoms. The fourth-order valence-electron chi connectivity index (χ4n) is 5.25. The highest BCUT2D eigenvalue weighted by Gasteiger charge is 2.41. The predicted molar refractivity (Wildman–Crippen MR) is 130 cm³/mol. The number of aliphatic hydroxyl groups is 1. The van der Waals surface area contributed by atoms with Crippen LogP contribution < -0.4 is 9.62 Å². The van der Waals surface area contributed by atoms with Crippen LogP contribution >= 0.6 is 11.6 Å². The highest BCUT2D eigenvalue weighted by molar-refractivity contribution is 7.89. The number of morpholine rings is 1. The first-order valence-electron chi connectivity index (χ1n) is 11.9. The lowest BCUT2D eigenvalue weighted by molar-refractivity contribution is -0.0499. The Morgan fingerprint density at radius 2 is 1.97 bits per heavy atom. The lowest BCUT2D eigenvalue weighted by Crippen LogP contribution is -2.50. The summed E-state index contributed by atoms with van der Waals surface area (Å²) in [6.07, 6.45) is 3.76. The van der Waals surface area contributed by atoms with Gasteiger partial charge in [0.05, 0.1) is 29.9 Å². The van der Waals surface area contributed by atoms with E-state index in [0.29, 0.717) is 43.4 Å². The maximum absolute atomic E-state index is 12.9. The number of hydrogen-bond donors (Lipinski definition) is 2. The molecule has 0 bridgehead atoms. The summed E-state index contributed by atoms with van der Waals surface area (Å²) in [5.41, 5.74) is 1.27. The van der Waals surface area contributed by atoms with Crippen LogP contribution in [0.3, 0.4) is 0 Å². The zero-order valence-electron chi connectivity index (χ0n) is 19.0. The maximum Gasteiger partial charge on any atom is 0.242 e. The van der Waals surface area contributed by atoms with Gasteiger partial charge in [0.2, 0.25) is 10.0 Å². The van der Waals surface area contributed by atoms with Gasteiger partial charge in [0.25, 0.3) is 0 Å². The summed E-state index contributed by atoms with van der Waals surface area (Å²) in [4.78, 5) is 8.97. The van der Waals surface area contributed by atoms with Crippen molar-refractivity contribution in [1.29, 1.82) is 0 Å². The zero-order chi connectivity index (χ0) is 23.7. The number of aromatic nitrogens is 1. The number of fused-ring (bicyclic) bond motifs is 1. The summed E-state index contributed by atoms with van der Waals surface area (Å²) in [6, 6.07) is 11.6. The maximum atomic E-state index is 12.9. The van der Waals surface area contributed by atoms with E-state index in [1.165, 1.54) is 17.8 Å². The third-order valence-corrected chi connectivity index (χ3v) is 8.82. The summed E-state index contributed by atoms with van der Waals surface area (Å²) in [7, 11) is -3.83. The van der Waals surface area contributed by atoms with Crippen LogP contribution in [0.25, 0.3) is 0 Å². The summed E-state index contributed by atoms with van der Waals surface area (Å²) in [6.45, 7) is 3.76. The van der Waals surface area contributed by atoms with Gasteiger partial charge >= 0.3 is 0 Å². The largest absolute Gasteiger partial charge is 0.391 e. The lowest BCUT2D eigenvalue weighted by atomic mass is 9.93. The van der Waals surface area contributed by atoms with Crippen molar-refractivity contribution in [3.8, 4) is 0 Å². The average molecular weight is 507 g/mol. The number of ether oxygens (including phenoxy) is 1. The molecule has 0 amide bonds. The fourth-order valence-corrected chi connectivity index (χ4v) is 6.88. The van der Waals surface area contributed by atoms with Gasteiger partial charge in [-0.15, -0.1) is 0 Å². The molecule has 2 saturated heterocycles. The molecule has 1 aliphatic carbocycles. The van der Waals surface area contributed by atoms with Crippen LogP contribution in [0.1, 0.15) is 31.2 Å². The van der Waals surface area contributed by atoms with Crippen LogP contribution in [-0.2, 0) is 21.3 Å². The Morgan fingerprint density at radius 1 is 1.18 bits per heavy atom. The number of aliphatic hydroxyl groups excluding tert-OH is 1. The molecule has 1 aromatic heterocycles. The first-order valence-corrected chi connectivity index (χ1v) is 13.8. The summed E-state index contributed by atoms with van der Waals surface area (Å²) in [5.74, 6) is 0.566. The first-order chi connectivity index (χ1) is 16.4. The van der Waals surface area contributed by atoms with Crippen molar-refractivity contribution in [2.24, 2.45) is 0 Å². The molecule has 3 aliphatic rings. The number of pyridine rings is 1. The molecule has 1 saturated carbocycles. The molecule has 1 aromatic carbocycles. The second kappa shape index (κ2) is 10.1. The molecule has 184 valence electrons. The highest BCUT2D eigenvalue weighted by Crippen LogP contribution is 2.32. The molecule has 3 heterocycles. The van der Waals surface area contributed by atoms with Gasteiger partial charge in [-0.3, -0.25) is 4.90 Å². The smallest absolute Gasteiger partial charge is 0.242 e. The summed E-state index contributed by atoms with van der Waals surface area (Å²) >= 11 is 6.55. The van der Waals surface area contributed by atoms with E-state index in [2.05, 4.69) is 43.8 Å². The van der Waals surface area contributed by atoms with Gasteiger partial charge in [0.1, 0.15) is 10.7 Å². The van der Waals surface area contributed by atoms with Crippen molar-refractivity contribution < 1.29 is 18.3 Å². The van der Waals surface area contributed by atoms with Crippen LogP contribution in [0, 0.1) is 0 Å². The van der Waals surface area contributed by atoms with Crippen LogP contribution in [0.15, 0.2) is 47.5 Å². The van der Waals surface area contributed by atoms with E-state index in [-0.39, 0.29) is 17.0 Å². The molecule has 10 heteroatoms. The highest BCUT2D eigenvalue weighted by atomic mass is 35.5. The van der Waals surface area contributed by atoms with Crippen LogP contribution in [0.4, 0.5) is 5.82 Å². The first kappa shape index (κ1) is 24.0. The van der Waals surface area contributed by atoms with Crippen molar-refractivity contribution in [2.45, 2.75) is 61.4 Å². The number of hydrogen-bond acceptors (Lipinski definition) is 7. The van der Waals surface area contributed by atoms with E-state index < -0.39 is 22.2 Å². The monoisotopic (exact) mass is 506 g/mol. The molecule has 4 atom stereocenters. The van der Waals surface area contributed by atoms with E-state index in [4.69, 9.17) is 16.3 Å². The second-order valence-electron chi connectivity index (χ2n) is 9.39. The number of halogens is 1. The van der Waals surface area contributed by atoms with Gasteiger partial charge in [0.15, 0.2) is 0 Å². The zero-order valence-corrected chi connectivity index (χ0v) is 20.6. The molecule has 2 N–H and O–H groups in total. The molecule has 3 fully saturated rings. The third kappa shape index (κ3) is 5.10. The van der Waals surface area contributed by atoms with Crippen molar-refractivity contribution >= 4 is 27.4 Å². The molecule has 0 radical (unpaired) electrons. The van der Waals surface area contributed by atoms with Gasteiger partial charge in [-0.05, 0) is 24.5 Å². The van der Waals surface area contributed by atoms with Crippen molar-refractivity contribution in [1.82, 2.24) is 14.6 Å². The van der Waals surface area contributed by atoms with E-state index in [1.807, 2.05) is 6.07 Å². The second-order valence-corrected chi connectivity index (χ2v) is 11.5. The number of sulfonamides is 1. The van der Waals surface area contributed by atoms with Crippen LogP contribution in [0.2, 0.25) is 5.02 Å². The van der Waals surface area contributed by atoms with Crippen molar-refractivity contribution in [3.05, 3.63) is 53.2 Å². The Balaban J connectivity index is 1.29. The number of nitrogens with zero attached hydrogens (tertiary/aromatic N) is 3. The molecule has 5 rings (SSSR count). The van der Waals surface area contributed by atoms with Crippen LogP contribution in [-0.4, -0.2) is 73.9 Å². The van der Waals surface area contributed by atoms with E-state index in [0.717, 1.165) is 25.9 Å². The molecular formula is C24H31ClN4O4S. The van der Waals surface area contributed by atoms with Crippen molar-refractivity contribution in [2.75, 3.05) is 31.1 Å². The van der Waals surface area contributed by atoms with Gasteiger partial charge in [-0.25, -0.2) is 18.1 Å². The van der Waals surface area contributed by atoms with E-state index in [9.17, 15) is 13.5 Å². The number of rotatable bonds is 6. The molecule has 8 nitrogen and oxygen atoms in total. The Labute approximate surface area is 205 Å². The minimum absolute atomic E-state index is 0.0117. The van der Waals surface area contributed by atoms with Gasteiger partial charge < -0.3 is 14.7 Å².